The fraction of sp³-hybridized carbons (Fsp3) is 0.375. The van der Waals surface area contributed by atoms with Gasteiger partial charge in [-0.15, -0.1) is 0 Å². The Morgan fingerprint density at radius 2 is 1.41 bits per heavy atom. The molecule has 0 radical (unpaired) electrons. The third kappa shape index (κ3) is 6.04. The van der Waals surface area contributed by atoms with Crippen molar-refractivity contribution in [2.24, 2.45) is 0 Å². The Labute approximate surface area is 220 Å². The van der Waals surface area contributed by atoms with Crippen molar-refractivity contribution in [1.29, 1.82) is 0 Å². The van der Waals surface area contributed by atoms with Gasteiger partial charge in [0.1, 0.15) is 18.2 Å². The molecule has 3 aromatic rings. The van der Waals surface area contributed by atoms with Gasteiger partial charge in [0.25, 0.3) is 0 Å². The largest absolute Gasteiger partial charge is 0.458 e. The lowest BCUT2D eigenvalue weighted by atomic mass is 9.98. The molecule has 0 aromatic heterocycles. The molecule has 0 aliphatic heterocycles. The first-order valence-electron chi connectivity index (χ1n) is 12.9. The third-order valence-electron chi connectivity index (χ3n) is 6.85. The summed E-state index contributed by atoms with van der Waals surface area (Å²) in [5.41, 5.74) is 6.15. The van der Waals surface area contributed by atoms with E-state index in [0.717, 1.165) is 16.7 Å². The molecule has 3 aromatic carbocycles. The number of benzene rings is 3. The first-order chi connectivity index (χ1) is 17.5. The number of rotatable bonds is 7. The molecule has 5 heteroatoms. The lowest BCUT2D eigenvalue weighted by Gasteiger charge is -2.30. The van der Waals surface area contributed by atoms with Crippen molar-refractivity contribution in [3.8, 4) is 11.1 Å². The van der Waals surface area contributed by atoms with Crippen LogP contribution in [0.25, 0.3) is 11.1 Å². The number of amides is 1. The zero-order chi connectivity index (χ0) is 26.7. The number of hydrogen-bond donors (Lipinski definition) is 0. The first kappa shape index (κ1) is 26.5. The molecule has 0 fully saturated rings. The molecule has 5 nitrogen and oxygen atoms in total. The van der Waals surface area contributed by atoms with Crippen LogP contribution >= 0.6 is 0 Å². The van der Waals surface area contributed by atoms with Crippen LogP contribution in [0.5, 0.6) is 0 Å². The summed E-state index contributed by atoms with van der Waals surface area (Å²) in [7, 11) is 1.61. The average Bonchev–Trinajstić information content (AvgIpc) is 3.18. The molecule has 0 heterocycles. The second-order valence-electron chi connectivity index (χ2n) is 11.1. The van der Waals surface area contributed by atoms with E-state index in [4.69, 9.17) is 9.47 Å². The fourth-order valence-electron chi connectivity index (χ4n) is 4.83. The number of likely N-dealkylation sites (N-methyl/N-ethyl adjacent to an activating group) is 1. The normalized spacial score (nSPS) is 13.6. The van der Waals surface area contributed by atoms with Crippen molar-refractivity contribution < 1.29 is 19.1 Å². The van der Waals surface area contributed by atoms with Gasteiger partial charge in [0.2, 0.25) is 0 Å². The van der Waals surface area contributed by atoms with Gasteiger partial charge in [-0.05, 0) is 60.1 Å². The Hall–Kier alpha value is -3.60. The highest BCUT2D eigenvalue weighted by molar-refractivity contribution is 5.82. The maximum atomic E-state index is 13.3. The molecule has 1 amide bonds. The molecule has 4 rings (SSSR count). The van der Waals surface area contributed by atoms with Gasteiger partial charge < -0.3 is 9.47 Å². The predicted molar refractivity (Wildman–Crippen MR) is 147 cm³/mol. The second kappa shape index (κ2) is 10.8. The van der Waals surface area contributed by atoms with Crippen molar-refractivity contribution in [1.82, 2.24) is 4.90 Å². The van der Waals surface area contributed by atoms with Crippen LogP contribution in [-0.4, -0.2) is 42.3 Å². The van der Waals surface area contributed by atoms with Gasteiger partial charge >= 0.3 is 12.1 Å². The van der Waals surface area contributed by atoms with E-state index in [9.17, 15) is 9.59 Å². The molecule has 0 saturated heterocycles. The number of carbonyl (C=O) groups excluding carboxylic acids is 2. The molecule has 194 valence electrons. The maximum absolute atomic E-state index is 13.3. The fourth-order valence-corrected chi connectivity index (χ4v) is 4.83. The van der Waals surface area contributed by atoms with E-state index in [0.29, 0.717) is 12.3 Å². The number of fused-ring (bicyclic) bond motifs is 3. The molecule has 0 N–H and O–H groups in total. The summed E-state index contributed by atoms with van der Waals surface area (Å²) < 4.78 is 11.5. The lowest BCUT2D eigenvalue weighted by Crippen LogP contribution is -2.47. The van der Waals surface area contributed by atoms with Gasteiger partial charge in [-0.2, -0.15) is 0 Å². The predicted octanol–water partition coefficient (Wildman–Crippen LogP) is 6.94. The van der Waals surface area contributed by atoms with Crippen LogP contribution in [0.15, 0.2) is 72.8 Å². The number of hydrogen-bond acceptors (Lipinski definition) is 4. The van der Waals surface area contributed by atoms with E-state index in [1.165, 1.54) is 21.6 Å². The standard InChI is InChI=1S/C32H37NO4/c1-21(2)23-17-15-22(16-18-23)19-29(30(34)37-32(3,4)5)33(6)31(35)36-20-28-26-13-9-7-11-24(26)25-12-8-10-14-27(25)28/h7-18,21,28-29H,19-20H2,1-6H3. The van der Waals surface area contributed by atoms with Crippen LogP contribution in [0, 0.1) is 0 Å². The summed E-state index contributed by atoms with van der Waals surface area (Å²) in [6.07, 6.45) is -0.204. The van der Waals surface area contributed by atoms with Crippen LogP contribution in [0.4, 0.5) is 4.79 Å². The van der Waals surface area contributed by atoms with Crippen molar-refractivity contribution in [3.63, 3.8) is 0 Å². The van der Waals surface area contributed by atoms with E-state index >= 15 is 0 Å². The van der Waals surface area contributed by atoms with Crippen LogP contribution in [0.1, 0.15) is 68.7 Å². The van der Waals surface area contributed by atoms with Crippen LogP contribution in [0.2, 0.25) is 0 Å². The molecule has 1 atom stereocenters. The molecular formula is C32H37NO4. The van der Waals surface area contributed by atoms with E-state index in [2.05, 4.69) is 50.2 Å². The van der Waals surface area contributed by atoms with Gasteiger partial charge in [-0.3, -0.25) is 4.90 Å². The Kier molecular flexibility index (Phi) is 7.72. The van der Waals surface area contributed by atoms with Gasteiger partial charge in [0.15, 0.2) is 0 Å². The summed E-state index contributed by atoms with van der Waals surface area (Å²) in [6, 6.07) is 23.8. The summed E-state index contributed by atoms with van der Waals surface area (Å²) in [6.45, 7) is 9.96. The molecular weight excluding hydrogens is 462 g/mol. The Morgan fingerprint density at radius 1 is 0.865 bits per heavy atom. The van der Waals surface area contributed by atoms with E-state index in [-0.39, 0.29) is 12.5 Å². The second-order valence-corrected chi connectivity index (χ2v) is 11.1. The third-order valence-corrected chi connectivity index (χ3v) is 6.85. The summed E-state index contributed by atoms with van der Waals surface area (Å²) in [5.74, 6) is -0.0797. The molecule has 1 unspecified atom stereocenters. The number of carbonyl (C=O) groups is 2. The van der Waals surface area contributed by atoms with Crippen molar-refractivity contribution >= 4 is 12.1 Å². The monoisotopic (exact) mass is 499 g/mol. The zero-order valence-corrected chi connectivity index (χ0v) is 22.7. The SMILES string of the molecule is CC(C)c1ccc(CC(C(=O)OC(C)(C)C)N(C)C(=O)OCC2c3ccccc3-c3ccccc32)cc1. The first-order valence-corrected chi connectivity index (χ1v) is 12.9. The summed E-state index contributed by atoms with van der Waals surface area (Å²) in [4.78, 5) is 27.8. The number of esters is 1. The van der Waals surface area contributed by atoms with Crippen LogP contribution in [0.3, 0.4) is 0 Å². The van der Waals surface area contributed by atoms with Crippen molar-refractivity contribution in [2.75, 3.05) is 13.7 Å². The zero-order valence-electron chi connectivity index (χ0n) is 22.7. The van der Waals surface area contributed by atoms with E-state index < -0.39 is 23.7 Å². The highest BCUT2D eigenvalue weighted by Gasteiger charge is 2.34. The van der Waals surface area contributed by atoms with Gasteiger partial charge in [-0.1, -0.05) is 86.6 Å². The Bertz CT molecular complexity index is 1210. The van der Waals surface area contributed by atoms with Gasteiger partial charge in [0, 0.05) is 19.4 Å². The van der Waals surface area contributed by atoms with E-state index in [1.807, 2.05) is 57.2 Å². The average molecular weight is 500 g/mol. The highest BCUT2D eigenvalue weighted by Crippen LogP contribution is 2.44. The summed E-state index contributed by atoms with van der Waals surface area (Å²) in [5, 5.41) is 0. The van der Waals surface area contributed by atoms with Crippen LogP contribution < -0.4 is 0 Å². The van der Waals surface area contributed by atoms with Gasteiger partial charge in [0.05, 0.1) is 0 Å². The van der Waals surface area contributed by atoms with Crippen molar-refractivity contribution in [2.45, 2.75) is 64.5 Å². The minimum atomic E-state index is -0.806. The van der Waals surface area contributed by atoms with Gasteiger partial charge in [-0.25, -0.2) is 9.59 Å². The topological polar surface area (TPSA) is 55.8 Å². The number of ether oxygens (including phenoxy) is 2. The maximum Gasteiger partial charge on any atom is 0.410 e. The Morgan fingerprint density at radius 3 is 1.92 bits per heavy atom. The highest BCUT2D eigenvalue weighted by atomic mass is 16.6. The smallest absolute Gasteiger partial charge is 0.410 e. The molecule has 37 heavy (non-hydrogen) atoms. The lowest BCUT2D eigenvalue weighted by molar-refractivity contribution is -0.160. The molecule has 1 aliphatic carbocycles. The van der Waals surface area contributed by atoms with Crippen LogP contribution in [-0.2, 0) is 20.7 Å². The minimum absolute atomic E-state index is 0.0479. The molecule has 0 saturated carbocycles. The molecule has 0 spiro atoms. The molecule has 0 bridgehead atoms. The quantitative estimate of drug-likeness (QED) is 0.330. The van der Waals surface area contributed by atoms with Crippen molar-refractivity contribution in [3.05, 3.63) is 95.1 Å². The summed E-state index contributed by atoms with van der Waals surface area (Å²) >= 11 is 0. The number of nitrogens with zero attached hydrogens (tertiary/aromatic N) is 1. The minimum Gasteiger partial charge on any atom is -0.458 e. The Balaban J connectivity index is 1.51. The molecule has 1 aliphatic rings. The van der Waals surface area contributed by atoms with E-state index in [1.54, 1.807) is 7.05 Å².